The Morgan fingerprint density at radius 2 is 2.32 bits per heavy atom. The summed E-state index contributed by atoms with van der Waals surface area (Å²) in [6.07, 6.45) is 6.34. The number of aromatic nitrogens is 2. The highest BCUT2D eigenvalue weighted by atomic mass is 35.5. The minimum Gasteiger partial charge on any atom is -0.489 e. The van der Waals surface area contributed by atoms with Crippen LogP contribution in [0.3, 0.4) is 0 Å². The van der Waals surface area contributed by atoms with Crippen LogP contribution in [-0.4, -0.2) is 23.0 Å². The summed E-state index contributed by atoms with van der Waals surface area (Å²) in [5, 5.41) is 0.578. The minimum atomic E-state index is 0.209. The van der Waals surface area contributed by atoms with E-state index in [0.717, 1.165) is 13.0 Å². The van der Waals surface area contributed by atoms with Crippen LogP contribution in [0.25, 0.3) is 0 Å². The molecule has 0 N–H and O–H groups in total. The first kappa shape index (κ1) is 12.2. The van der Waals surface area contributed by atoms with Gasteiger partial charge in [0.25, 0.3) is 0 Å². The molecule has 0 saturated heterocycles. The maximum absolute atomic E-state index is 5.99. The van der Waals surface area contributed by atoms with E-state index in [0.29, 0.717) is 28.9 Å². The maximum Gasteiger partial charge on any atom is 0.231 e. The monoisotopic (exact) mass is 280 g/mol. The maximum atomic E-state index is 5.99. The fraction of sp³-hybridized carbons (Fsp3) is 0.308. The molecule has 19 heavy (non-hydrogen) atoms. The lowest BCUT2D eigenvalue weighted by Crippen LogP contribution is -2.03. The summed E-state index contributed by atoms with van der Waals surface area (Å²) < 4.78 is 18.4. The molecular weight excluding hydrogens is 268 g/mol. The quantitative estimate of drug-likeness (QED) is 0.790. The number of nitrogens with zero attached hydrogens (tertiary/aromatic N) is 2. The van der Waals surface area contributed by atoms with Crippen molar-refractivity contribution in [2.75, 3.05) is 13.4 Å². The van der Waals surface area contributed by atoms with Gasteiger partial charge in [-0.2, -0.15) is 0 Å². The van der Waals surface area contributed by atoms with Gasteiger partial charge in [-0.25, -0.2) is 4.98 Å². The van der Waals surface area contributed by atoms with E-state index in [-0.39, 0.29) is 6.79 Å². The highest BCUT2D eigenvalue weighted by molar-refractivity contribution is 6.31. The summed E-state index contributed by atoms with van der Waals surface area (Å²) >= 11 is 5.99. The van der Waals surface area contributed by atoms with Crippen molar-refractivity contribution in [2.45, 2.75) is 13.0 Å². The first-order valence-corrected chi connectivity index (χ1v) is 6.38. The second-order valence-corrected chi connectivity index (χ2v) is 4.58. The number of hydrogen-bond acceptors (Lipinski definition) is 4. The molecule has 1 aliphatic heterocycles. The Morgan fingerprint density at radius 3 is 3.16 bits per heavy atom. The highest BCUT2D eigenvalue weighted by Crippen LogP contribution is 2.43. The third kappa shape index (κ3) is 2.76. The molecule has 1 aliphatic rings. The molecular formula is C13H13ClN2O3. The van der Waals surface area contributed by atoms with Gasteiger partial charge in [0.1, 0.15) is 0 Å². The van der Waals surface area contributed by atoms with E-state index in [9.17, 15) is 0 Å². The smallest absolute Gasteiger partial charge is 0.231 e. The van der Waals surface area contributed by atoms with E-state index in [1.54, 1.807) is 24.7 Å². The largest absolute Gasteiger partial charge is 0.489 e. The summed E-state index contributed by atoms with van der Waals surface area (Å²) in [7, 11) is 0. The van der Waals surface area contributed by atoms with Crippen LogP contribution in [0.4, 0.5) is 0 Å². The third-order valence-electron chi connectivity index (χ3n) is 2.78. The van der Waals surface area contributed by atoms with Gasteiger partial charge in [0.15, 0.2) is 11.5 Å². The van der Waals surface area contributed by atoms with Crippen LogP contribution in [0.1, 0.15) is 6.42 Å². The highest BCUT2D eigenvalue weighted by Gasteiger charge is 2.20. The van der Waals surface area contributed by atoms with Gasteiger partial charge in [0.2, 0.25) is 12.5 Å². The zero-order valence-electron chi connectivity index (χ0n) is 10.2. The predicted octanol–water partition coefficient (Wildman–Crippen LogP) is 2.73. The van der Waals surface area contributed by atoms with Crippen LogP contribution < -0.4 is 14.2 Å². The number of halogens is 1. The standard InChI is InChI=1S/C13H13ClN2O3/c14-10-6-11(13-12(7-10)18-9-19-13)17-5-1-3-16-4-2-15-8-16/h2,4,6-8H,1,3,5,9H2. The van der Waals surface area contributed by atoms with Crippen molar-refractivity contribution < 1.29 is 14.2 Å². The molecule has 0 atom stereocenters. The van der Waals surface area contributed by atoms with Gasteiger partial charge >= 0.3 is 0 Å². The van der Waals surface area contributed by atoms with Crippen molar-refractivity contribution >= 4 is 11.6 Å². The van der Waals surface area contributed by atoms with Crippen LogP contribution >= 0.6 is 11.6 Å². The number of hydrogen-bond donors (Lipinski definition) is 0. The molecule has 6 heteroatoms. The number of rotatable bonds is 5. The van der Waals surface area contributed by atoms with Gasteiger partial charge in [-0.15, -0.1) is 0 Å². The lowest BCUT2D eigenvalue weighted by molar-refractivity contribution is 0.169. The first-order valence-electron chi connectivity index (χ1n) is 6.00. The van der Waals surface area contributed by atoms with E-state index in [4.69, 9.17) is 25.8 Å². The molecule has 0 aliphatic carbocycles. The fourth-order valence-corrected chi connectivity index (χ4v) is 2.10. The molecule has 1 aromatic heterocycles. The van der Waals surface area contributed by atoms with Gasteiger partial charge < -0.3 is 18.8 Å². The number of fused-ring (bicyclic) bond motifs is 1. The molecule has 0 saturated carbocycles. The molecule has 0 fully saturated rings. The molecule has 0 amide bonds. The molecule has 0 spiro atoms. The van der Waals surface area contributed by atoms with E-state index in [1.807, 2.05) is 10.8 Å². The van der Waals surface area contributed by atoms with Crippen LogP contribution in [0.15, 0.2) is 30.9 Å². The van der Waals surface area contributed by atoms with Crippen LogP contribution in [0, 0.1) is 0 Å². The normalized spacial score (nSPS) is 12.7. The molecule has 5 nitrogen and oxygen atoms in total. The molecule has 2 aromatic rings. The summed E-state index contributed by atoms with van der Waals surface area (Å²) in [5.74, 6) is 1.90. The summed E-state index contributed by atoms with van der Waals surface area (Å²) in [5.41, 5.74) is 0. The van der Waals surface area contributed by atoms with Crippen molar-refractivity contribution in [1.29, 1.82) is 0 Å². The number of imidazole rings is 1. The Labute approximate surface area is 115 Å². The Morgan fingerprint density at radius 1 is 1.37 bits per heavy atom. The molecule has 100 valence electrons. The zero-order valence-corrected chi connectivity index (χ0v) is 11.0. The van der Waals surface area contributed by atoms with Crippen LogP contribution in [0.2, 0.25) is 5.02 Å². The Balaban J connectivity index is 1.58. The van der Waals surface area contributed by atoms with E-state index >= 15 is 0 Å². The molecule has 2 heterocycles. The predicted molar refractivity (Wildman–Crippen MR) is 69.9 cm³/mol. The van der Waals surface area contributed by atoms with Crippen LogP contribution in [0.5, 0.6) is 17.2 Å². The molecule has 1 aromatic carbocycles. The fourth-order valence-electron chi connectivity index (χ4n) is 1.90. The van der Waals surface area contributed by atoms with Gasteiger partial charge in [-0.1, -0.05) is 11.6 Å². The summed E-state index contributed by atoms with van der Waals surface area (Å²) in [6.45, 7) is 1.65. The van der Waals surface area contributed by atoms with Crippen LogP contribution in [-0.2, 0) is 6.54 Å². The second-order valence-electron chi connectivity index (χ2n) is 4.14. The average Bonchev–Trinajstić information content (AvgIpc) is 3.04. The van der Waals surface area contributed by atoms with Crippen molar-refractivity contribution in [3.05, 3.63) is 35.9 Å². The minimum absolute atomic E-state index is 0.209. The number of aryl methyl sites for hydroxylation is 1. The van der Waals surface area contributed by atoms with Gasteiger partial charge in [0, 0.05) is 36.1 Å². The van der Waals surface area contributed by atoms with E-state index < -0.39 is 0 Å². The van der Waals surface area contributed by atoms with E-state index in [2.05, 4.69) is 4.98 Å². The zero-order chi connectivity index (χ0) is 13.1. The molecule has 3 rings (SSSR count). The van der Waals surface area contributed by atoms with Crippen molar-refractivity contribution in [3.63, 3.8) is 0 Å². The van der Waals surface area contributed by atoms with Gasteiger partial charge in [-0.05, 0) is 6.42 Å². The summed E-state index contributed by atoms with van der Waals surface area (Å²) in [4.78, 5) is 3.99. The number of benzene rings is 1. The second kappa shape index (κ2) is 5.40. The topological polar surface area (TPSA) is 45.5 Å². The van der Waals surface area contributed by atoms with Crippen molar-refractivity contribution in [2.24, 2.45) is 0 Å². The number of ether oxygens (including phenoxy) is 3. The average molecular weight is 281 g/mol. The SMILES string of the molecule is Clc1cc(OCCCn2ccnc2)c2c(c1)OCO2. The van der Waals surface area contributed by atoms with Gasteiger partial charge in [0.05, 0.1) is 12.9 Å². The lowest BCUT2D eigenvalue weighted by atomic mass is 10.3. The van der Waals surface area contributed by atoms with E-state index in [1.165, 1.54) is 0 Å². The van der Waals surface area contributed by atoms with Crippen molar-refractivity contribution in [1.82, 2.24) is 9.55 Å². The van der Waals surface area contributed by atoms with Gasteiger partial charge in [-0.3, -0.25) is 0 Å². The molecule has 0 unspecified atom stereocenters. The molecule has 0 radical (unpaired) electrons. The third-order valence-corrected chi connectivity index (χ3v) is 3.00. The lowest BCUT2D eigenvalue weighted by Gasteiger charge is -2.09. The first-order chi connectivity index (χ1) is 9.33. The Hall–Kier alpha value is -1.88. The van der Waals surface area contributed by atoms with Crippen molar-refractivity contribution in [3.8, 4) is 17.2 Å². The molecule has 0 bridgehead atoms. The Bertz CT molecular complexity index is 557. The summed E-state index contributed by atoms with van der Waals surface area (Å²) in [6, 6.07) is 3.47. The Kier molecular flexibility index (Phi) is 3.46.